The van der Waals surface area contributed by atoms with Crippen LogP contribution in [0.2, 0.25) is 0 Å². The number of piperidine rings is 1. The highest BCUT2D eigenvalue weighted by Gasteiger charge is 2.41. The average molecular weight is 292 g/mol. The molecule has 0 amide bonds. The summed E-state index contributed by atoms with van der Waals surface area (Å²) in [5.41, 5.74) is 7.74. The Bertz CT molecular complexity index is 484. The van der Waals surface area contributed by atoms with Crippen LogP contribution in [0.4, 0.5) is 0 Å². The first-order chi connectivity index (χ1) is 10.0. The van der Waals surface area contributed by atoms with Crippen molar-refractivity contribution >= 4 is 0 Å². The molecular formula is C16H28N4O. The van der Waals surface area contributed by atoms with Gasteiger partial charge >= 0.3 is 0 Å². The molecule has 3 rings (SSSR count). The maximum Gasteiger partial charge on any atom is 0.161 e. The van der Waals surface area contributed by atoms with E-state index in [-0.39, 0.29) is 6.04 Å². The summed E-state index contributed by atoms with van der Waals surface area (Å²) in [5.74, 6) is 1.37. The topological polar surface area (TPSA) is 56.3 Å². The standard InChI is InChI=1S/C16H28N4O/c1-10(2)20-16(14(21-4)9-18-20)15(17)11-7-12-5-6-13(8-11)19(12)3/h9-13,15H,5-8,17H2,1-4H3. The summed E-state index contributed by atoms with van der Waals surface area (Å²) in [5, 5.41) is 4.47. The van der Waals surface area contributed by atoms with Crippen molar-refractivity contribution in [1.29, 1.82) is 0 Å². The number of ether oxygens (including phenoxy) is 1. The predicted molar refractivity (Wildman–Crippen MR) is 83.4 cm³/mol. The molecule has 2 bridgehead atoms. The van der Waals surface area contributed by atoms with Gasteiger partial charge in [-0.05, 0) is 52.5 Å². The lowest BCUT2D eigenvalue weighted by Gasteiger charge is -2.39. The fourth-order valence-corrected chi connectivity index (χ4v) is 4.21. The summed E-state index contributed by atoms with van der Waals surface area (Å²) in [6, 6.07) is 1.74. The second-order valence-electron chi connectivity index (χ2n) is 6.94. The molecule has 3 atom stereocenters. The van der Waals surface area contributed by atoms with Gasteiger partial charge in [0.15, 0.2) is 5.75 Å². The van der Waals surface area contributed by atoms with Gasteiger partial charge in [-0.2, -0.15) is 5.10 Å². The zero-order valence-corrected chi connectivity index (χ0v) is 13.6. The molecule has 1 aromatic rings. The van der Waals surface area contributed by atoms with Crippen molar-refractivity contribution in [2.24, 2.45) is 11.7 Å². The number of nitrogens with two attached hydrogens (primary N) is 1. The van der Waals surface area contributed by atoms with E-state index in [1.807, 2.05) is 4.68 Å². The third kappa shape index (κ3) is 2.46. The first kappa shape index (κ1) is 14.9. The van der Waals surface area contributed by atoms with Gasteiger partial charge in [-0.25, -0.2) is 0 Å². The summed E-state index contributed by atoms with van der Waals surface area (Å²) in [7, 11) is 3.97. The molecule has 2 fully saturated rings. The molecule has 3 unspecified atom stereocenters. The summed E-state index contributed by atoms with van der Waals surface area (Å²) >= 11 is 0. The quantitative estimate of drug-likeness (QED) is 0.925. The van der Waals surface area contributed by atoms with Crippen LogP contribution < -0.4 is 10.5 Å². The van der Waals surface area contributed by atoms with Crippen molar-refractivity contribution < 1.29 is 4.74 Å². The van der Waals surface area contributed by atoms with E-state index in [4.69, 9.17) is 10.5 Å². The molecule has 21 heavy (non-hydrogen) atoms. The SMILES string of the molecule is COc1cnn(C(C)C)c1C(N)C1CC2CCC(C1)N2C. The van der Waals surface area contributed by atoms with E-state index in [9.17, 15) is 0 Å². The van der Waals surface area contributed by atoms with Crippen LogP contribution in [0.3, 0.4) is 0 Å². The van der Waals surface area contributed by atoms with Gasteiger partial charge in [-0.15, -0.1) is 0 Å². The largest absolute Gasteiger partial charge is 0.493 e. The fraction of sp³-hybridized carbons (Fsp3) is 0.812. The molecule has 2 aliphatic rings. The average Bonchev–Trinajstić information content (AvgIpc) is 2.95. The molecule has 0 aromatic carbocycles. The van der Waals surface area contributed by atoms with Crippen molar-refractivity contribution in [2.75, 3.05) is 14.2 Å². The van der Waals surface area contributed by atoms with Crippen molar-refractivity contribution in [3.8, 4) is 5.75 Å². The van der Waals surface area contributed by atoms with E-state index in [0.29, 0.717) is 24.0 Å². The molecule has 1 aromatic heterocycles. The molecule has 2 saturated heterocycles. The zero-order valence-electron chi connectivity index (χ0n) is 13.6. The van der Waals surface area contributed by atoms with Gasteiger partial charge in [0, 0.05) is 18.1 Å². The van der Waals surface area contributed by atoms with Crippen LogP contribution in [0.25, 0.3) is 0 Å². The molecule has 0 aliphatic carbocycles. The Morgan fingerprint density at radius 1 is 1.29 bits per heavy atom. The second-order valence-corrected chi connectivity index (χ2v) is 6.94. The van der Waals surface area contributed by atoms with Crippen molar-refractivity contribution in [3.05, 3.63) is 11.9 Å². The van der Waals surface area contributed by atoms with Crippen molar-refractivity contribution in [2.45, 2.75) is 63.7 Å². The number of nitrogens with zero attached hydrogens (tertiary/aromatic N) is 3. The number of rotatable bonds is 4. The lowest BCUT2D eigenvalue weighted by atomic mass is 9.84. The minimum absolute atomic E-state index is 0.0154. The van der Waals surface area contributed by atoms with Gasteiger partial charge in [0.25, 0.3) is 0 Å². The lowest BCUT2D eigenvalue weighted by Crippen LogP contribution is -2.43. The Morgan fingerprint density at radius 2 is 1.90 bits per heavy atom. The molecule has 2 N–H and O–H groups in total. The van der Waals surface area contributed by atoms with Crippen molar-refractivity contribution in [3.63, 3.8) is 0 Å². The molecule has 0 saturated carbocycles. The number of hydrogen-bond acceptors (Lipinski definition) is 4. The first-order valence-corrected chi connectivity index (χ1v) is 8.11. The maximum absolute atomic E-state index is 6.67. The number of methoxy groups -OCH3 is 1. The van der Waals surface area contributed by atoms with Crippen LogP contribution in [0, 0.1) is 5.92 Å². The molecule has 5 heteroatoms. The number of aromatic nitrogens is 2. The highest BCUT2D eigenvalue weighted by atomic mass is 16.5. The van der Waals surface area contributed by atoms with Crippen LogP contribution in [0.1, 0.15) is 57.3 Å². The molecule has 3 heterocycles. The smallest absolute Gasteiger partial charge is 0.161 e. The van der Waals surface area contributed by atoms with E-state index in [1.54, 1.807) is 13.3 Å². The van der Waals surface area contributed by atoms with E-state index in [0.717, 1.165) is 11.4 Å². The van der Waals surface area contributed by atoms with Gasteiger partial charge < -0.3 is 15.4 Å². The van der Waals surface area contributed by atoms with Crippen LogP contribution in [0.5, 0.6) is 5.75 Å². The third-order valence-electron chi connectivity index (χ3n) is 5.47. The van der Waals surface area contributed by atoms with E-state index >= 15 is 0 Å². The monoisotopic (exact) mass is 292 g/mol. The van der Waals surface area contributed by atoms with Gasteiger partial charge in [0.1, 0.15) is 0 Å². The molecule has 5 nitrogen and oxygen atoms in total. The fourth-order valence-electron chi connectivity index (χ4n) is 4.21. The van der Waals surface area contributed by atoms with Crippen LogP contribution in [0.15, 0.2) is 6.20 Å². The Hall–Kier alpha value is -1.07. The molecule has 0 spiro atoms. The maximum atomic E-state index is 6.67. The molecule has 118 valence electrons. The molecule has 0 radical (unpaired) electrons. The Balaban J connectivity index is 1.85. The van der Waals surface area contributed by atoms with Crippen LogP contribution in [-0.2, 0) is 0 Å². The summed E-state index contributed by atoms with van der Waals surface area (Å²) in [6.07, 6.45) is 6.84. The van der Waals surface area contributed by atoms with Gasteiger partial charge in [0.2, 0.25) is 0 Å². The Kier molecular flexibility index (Phi) is 3.97. The van der Waals surface area contributed by atoms with E-state index in [1.165, 1.54) is 25.7 Å². The highest BCUT2D eigenvalue weighted by Crippen LogP contribution is 2.43. The number of fused-ring (bicyclic) bond motifs is 2. The Labute approximate surface area is 127 Å². The second kappa shape index (κ2) is 5.61. The van der Waals surface area contributed by atoms with Gasteiger partial charge in [-0.1, -0.05) is 0 Å². The summed E-state index contributed by atoms with van der Waals surface area (Å²) in [6.45, 7) is 4.28. The molecule has 2 aliphatic heterocycles. The lowest BCUT2D eigenvalue weighted by molar-refractivity contribution is 0.118. The first-order valence-electron chi connectivity index (χ1n) is 8.11. The van der Waals surface area contributed by atoms with E-state index < -0.39 is 0 Å². The van der Waals surface area contributed by atoms with Crippen molar-refractivity contribution in [1.82, 2.24) is 14.7 Å². The zero-order chi connectivity index (χ0) is 15.1. The minimum Gasteiger partial charge on any atom is -0.493 e. The van der Waals surface area contributed by atoms with Gasteiger partial charge in [0.05, 0.1) is 25.0 Å². The van der Waals surface area contributed by atoms with Gasteiger partial charge in [-0.3, -0.25) is 4.68 Å². The predicted octanol–water partition coefficient (Wildman–Crippen LogP) is 2.35. The summed E-state index contributed by atoms with van der Waals surface area (Å²) in [4.78, 5) is 2.56. The normalized spacial score (nSPS) is 30.9. The van der Waals surface area contributed by atoms with E-state index in [2.05, 4.69) is 30.9 Å². The minimum atomic E-state index is 0.0154. The third-order valence-corrected chi connectivity index (χ3v) is 5.47. The van der Waals surface area contributed by atoms with Crippen LogP contribution >= 0.6 is 0 Å². The molecular weight excluding hydrogens is 264 g/mol. The Morgan fingerprint density at radius 3 is 2.43 bits per heavy atom. The summed E-state index contributed by atoms with van der Waals surface area (Å²) < 4.78 is 7.54. The highest BCUT2D eigenvalue weighted by molar-refractivity contribution is 5.29. The van der Waals surface area contributed by atoms with Crippen LogP contribution in [-0.4, -0.2) is 40.9 Å². The number of hydrogen-bond donors (Lipinski definition) is 1.